The molecule has 90 valence electrons. The summed E-state index contributed by atoms with van der Waals surface area (Å²) in [6.07, 6.45) is -0.248. The molecule has 1 aliphatic heterocycles. The number of hydrogen-bond acceptors (Lipinski definition) is 6. The van der Waals surface area contributed by atoms with Gasteiger partial charge in [-0.1, -0.05) is 28.4 Å². The molecule has 1 aromatic heterocycles. The molecule has 0 aliphatic carbocycles. The molecule has 0 bridgehead atoms. The normalized spacial score (nSPS) is 17.7. The van der Waals surface area contributed by atoms with E-state index in [1.165, 1.54) is 6.07 Å². The van der Waals surface area contributed by atoms with Crippen molar-refractivity contribution >= 4 is 40.0 Å². The van der Waals surface area contributed by atoms with Crippen molar-refractivity contribution in [3.63, 3.8) is 0 Å². The zero-order chi connectivity index (χ0) is 12.6. The minimum absolute atomic E-state index is 0. The smallest absolute Gasteiger partial charge is 0.543 e. The number of nitrogens with zero attached hydrogens (tertiary/aromatic N) is 2. The van der Waals surface area contributed by atoms with Crippen molar-refractivity contribution in [3.05, 3.63) is 22.5 Å². The summed E-state index contributed by atoms with van der Waals surface area (Å²) in [7, 11) is 0. The first-order chi connectivity index (χ1) is 7.99. The molecule has 1 aliphatic rings. The van der Waals surface area contributed by atoms with Gasteiger partial charge < -0.3 is 20.5 Å². The summed E-state index contributed by atoms with van der Waals surface area (Å²) in [4.78, 5) is 19.6. The van der Waals surface area contributed by atoms with Gasteiger partial charge in [0.25, 0.3) is 0 Å². The van der Waals surface area contributed by atoms with E-state index in [0.29, 0.717) is 12.1 Å². The summed E-state index contributed by atoms with van der Waals surface area (Å²) in [5.74, 6) is -1.51. The van der Waals surface area contributed by atoms with E-state index < -0.39 is 17.8 Å². The monoisotopic (exact) mass is 281 g/mol. The molecule has 1 atom stereocenters. The number of pyridine rings is 1. The third-order valence-corrected chi connectivity index (χ3v) is 2.78. The number of aromatic carboxylic acids is 1. The SMILES string of the molecule is Nc1cc(C2CC(Cl)=NO2)nc(C(=O)[O-])c1Cl.[Li+]. The zero-order valence-corrected chi connectivity index (χ0v) is 10.8. The van der Waals surface area contributed by atoms with E-state index >= 15 is 0 Å². The Balaban J connectivity index is 0.00000162. The molecule has 0 radical (unpaired) electrons. The van der Waals surface area contributed by atoms with Crippen LogP contribution in [0.1, 0.15) is 28.7 Å². The van der Waals surface area contributed by atoms with Crippen molar-refractivity contribution in [2.24, 2.45) is 5.16 Å². The maximum atomic E-state index is 10.8. The molecule has 2 heterocycles. The quantitative estimate of drug-likeness (QED) is 0.615. The van der Waals surface area contributed by atoms with Crippen molar-refractivity contribution in [1.82, 2.24) is 4.98 Å². The van der Waals surface area contributed by atoms with Crippen LogP contribution in [0.4, 0.5) is 5.69 Å². The average Bonchev–Trinajstić information content (AvgIpc) is 2.68. The molecule has 2 rings (SSSR count). The summed E-state index contributed by atoms with van der Waals surface area (Å²) >= 11 is 11.3. The Hall–Kier alpha value is -0.933. The Morgan fingerprint density at radius 3 is 2.72 bits per heavy atom. The average molecular weight is 282 g/mol. The summed E-state index contributed by atoms with van der Waals surface area (Å²) in [6.45, 7) is 0. The van der Waals surface area contributed by atoms with Gasteiger partial charge in [-0.05, 0) is 6.07 Å². The number of oxime groups is 1. The third-order valence-electron chi connectivity index (χ3n) is 2.16. The minimum Gasteiger partial charge on any atom is -0.543 e. The maximum absolute atomic E-state index is 10.8. The number of carbonyl (C=O) groups is 1. The van der Waals surface area contributed by atoms with Gasteiger partial charge in [-0.25, -0.2) is 4.98 Å². The second-order valence-electron chi connectivity index (χ2n) is 3.35. The van der Waals surface area contributed by atoms with Crippen LogP contribution in [-0.4, -0.2) is 16.1 Å². The van der Waals surface area contributed by atoms with Crippen LogP contribution in [0, 0.1) is 0 Å². The van der Waals surface area contributed by atoms with Gasteiger partial charge in [0, 0.05) is 6.42 Å². The molecule has 9 heteroatoms. The molecule has 0 aromatic carbocycles. The van der Waals surface area contributed by atoms with E-state index in [4.69, 9.17) is 33.8 Å². The van der Waals surface area contributed by atoms with E-state index in [1.54, 1.807) is 0 Å². The van der Waals surface area contributed by atoms with Gasteiger partial charge in [0.1, 0.15) is 10.9 Å². The Labute approximate surface area is 124 Å². The molecule has 0 saturated carbocycles. The number of rotatable bonds is 2. The van der Waals surface area contributed by atoms with E-state index in [1.807, 2.05) is 0 Å². The Bertz CT molecular complexity index is 524. The van der Waals surface area contributed by atoms with Crippen molar-refractivity contribution in [2.75, 3.05) is 5.73 Å². The summed E-state index contributed by atoms with van der Waals surface area (Å²) in [5, 5.41) is 14.4. The van der Waals surface area contributed by atoms with E-state index in [2.05, 4.69) is 10.1 Å². The molecule has 0 amide bonds. The van der Waals surface area contributed by atoms with Crippen LogP contribution in [0.3, 0.4) is 0 Å². The molecule has 2 N–H and O–H groups in total. The third kappa shape index (κ3) is 2.90. The Morgan fingerprint density at radius 1 is 1.56 bits per heavy atom. The van der Waals surface area contributed by atoms with E-state index in [9.17, 15) is 9.90 Å². The Kier molecular flexibility index (Phi) is 4.88. The van der Waals surface area contributed by atoms with Gasteiger partial charge in [-0.2, -0.15) is 0 Å². The van der Waals surface area contributed by atoms with Crippen LogP contribution >= 0.6 is 23.2 Å². The van der Waals surface area contributed by atoms with Crippen molar-refractivity contribution in [2.45, 2.75) is 12.5 Å². The predicted octanol–water partition coefficient (Wildman–Crippen LogP) is -2.30. The van der Waals surface area contributed by atoms with E-state index in [0.717, 1.165) is 0 Å². The van der Waals surface area contributed by atoms with Crippen molar-refractivity contribution < 1.29 is 33.6 Å². The van der Waals surface area contributed by atoms with Crippen LogP contribution in [-0.2, 0) is 4.84 Å². The Morgan fingerprint density at radius 2 is 2.22 bits per heavy atom. The molecule has 18 heavy (non-hydrogen) atoms. The molecule has 0 saturated heterocycles. The molecular weight excluding hydrogens is 276 g/mol. The second kappa shape index (κ2) is 5.81. The maximum Gasteiger partial charge on any atom is 1.00 e. The van der Waals surface area contributed by atoms with Crippen LogP contribution in [0.15, 0.2) is 11.2 Å². The van der Waals surface area contributed by atoms with Gasteiger partial charge in [0.2, 0.25) is 0 Å². The largest absolute Gasteiger partial charge is 1.00 e. The number of carboxylic acid groups (broad SMARTS) is 1. The standard InChI is InChI=1S/C9H7Cl2N3O3.Li/c10-6-2-5(17-14-6)4-1-3(12)7(11)8(13-4)9(15)16;/h1,5H,2H2,(H2,12,13)(H,15,16);/q;+1/p-1. The van der Waals surface area contributed by atoms with Crippen molar-refractivity contribution in [1.29, 1.82) is 0 Å². The molecule has 0 spiro atoms. The van der Waals surface area contributed by atoms with Crippen molar-refractivity contribution in [3.8, 4) is 0 Å². The number of halogens is 2. The van der Waals surface area contributed by atoms with Crippen LogP contribution in [0.25, 0.3) is 0 Å². The first-order valence-corrected chi connectivity index (χ1v) is 5.30. The van der Waals surface area contributed by atoms with Gasteiger partial charge in [-0.15, -0.1) is 0 Å². The number of nitrogens with two attached hydrogens (primary N) is 1. The van der Waals surface area contributed by atoms with Crippen LogP contribution in [0.2, 0.25) is 5.02 Å². The fraction of sp³-hybridized carbons (Fsp3) is 0.222. The first kappa shape index (κ1) is 15.1. The topological polar surface area (TPSA) is 101 Å². The number of carbonyl (C=O) groups excluding carboxylic acids is 1. The fourth-order valence-corrected chi connectivity index (χ4v) is 1.73. The summed E-state index contributed by atoms with van der Waals surface area (Å²) in [5.41, 5.74) is 5.53. The first-order valence-electron chi connectivity index (χ1n) is 4.54. The van der Waals surface area contributed by atoms with Gasteiger partial charge in [0.05, 0.1) is 22.4 Å². The molecule has 1 aromatic rings. The molecule has 1 unspecified atom stereocenters. The second-order valence-corrected chi connectivity index (χ2v) is 4.17. The number of nitrogen functional groups attached to an aromatic ring is 1. The number of carboxylic acids is 1. The fourth-order valence-electron chi connectivity index (χ4n) is 1.38. The molecular formula is C9H6Cl2LiN3O3. The van der Waals surface area contributed by atoms with Crippen LogP contribution in [0.5, 0.6) is 0 Å². The summed E-state index contributed by atoms with van der Waals surface area (Å²) < 4.78 is 0. The number of anilines is 1. The van der Waals surface area contributed by atoms with Gasteiger partial charge in [-0.3, -0.25) is 0 Å². The summed E-state index contributed by atoms with van der Waals surface area (Å²) in [6, 6.07) is 1.42. The van der Waals surface area contributed by atoms with Crippen LogP contribution < -0.4 is 29.7 Å². The zero-order valence-electron chi connectivity index (χ0n) is 9.31. The van der Waals surface area contributed by atoms with E-state index in [-0.39, 0.29) is 34.7 Å². The number of aromatic nitrogens is 1. The molecule has 0 fully saturated rings. The number of hydrogen-bond donors (Lipinski definition) is 1. The van der Waals surface area contributed by atoms with Gasteiger partial charge >= 0.3 is 18.9 Å². The minimum atomic E-state index is -1.51. The molecule has 6 nitrogen and oxygen atoms in total. The predicted molar refractivity (Wildman–Crippen MR) is 59.7 cm³/mol. The van der Waals surface area contributed by atoms with Gasteiger partial charge in [0.15, 0.2) is 6.10 Å².